The summed E-state index contributed by atoms with van der Waals surface area (Å²) in [5.41, 5.74) is 1.23. The number of thioether (sulfide) groups is 1. The van der Waals surface area contributed by atoms with Gasteiger partial charge in [0.15, 0.2) is 0 Å². The summed E-state index contributed by atoms with van der Waals surface area (Å²) < 4.78 is 5.45. The van der Waals surface area contributed by atoms with Crippen LogP contribution in [-0.4, -0.2) is 43.1 Å². The van der Waals surface area contributed by atoms with Crippen molar-refractivity contribution in [1.82, 2.24) is 10.2 Å². The van der Waals surface area contributed by atoms with Gasteiger partial charge in [-0.3, -0.25) is 14.5 Å². The zero-order valence-corrected chi connectivity index (χ0v) is 15.1. The monoisotopic (exact) mass is 359 g/mol. The minimum absolute atomic E-state index is 0.0192. The molecule has 132 valence electrons. The summed E-state index contributed by atoms with van der Waals surface area (Å²) in [6.45, 7) is 0.428. The third-order valence-electron chi connectivity index (χ3n) is 4.05. The molecule has 0 saturated heterocycles. The molecule has 0 spiro atoms. The Morgan fingerprint density at radius 2 is 2.24 bits per heavy atom. The molecule has 1 aliphatic rings. The van der Waals surface area contributed by atoms with Crippen molar-refractivity contribution in [1.29, 1.82) is 0 Å². The molecule has 2 heterocycles. The van der Waals surface area contributed by atoms with E-state index in [1.54, 1.807) is 30.2 Å². The van der Waals surface area contributed by atoms with Gasteiger partial charge in [-0.05, 0) is 44.4 Å². The lowest BCUT2D eigenvalue weighted by molar-refractivity contribution is -0.115. The van der Waals surface area contributed by atoms with E-state index in [2.05, 4.69) is 10.6 Å². The standard InChI is InChI=1S/C18H21N3O3S/c1-21(2)14(15-4-3-8-24-15)11-19-18(23)12-5-6-16-13(10-12)20-17(22)7-9-25-16/h3-6,8,10,14H,7,9,11H2,1-2H3,(H,19,23)(H,20,22). The number of nitrogens with zero attached hydrogens (tertiary/aromatic N) is 1. The van der Waals surface area contributed by atoms with Crippen LogP contribution < -0.4 is 10.6 Å². The molecule has 3 rings (SSSR count). The van der Waals surface area contributed by atoms with Gasteiger partial charge in [0.25, 0.3) is 5.91 Å². The second-order valence-electron chi connectivity index (χ2n) is 6.06. The van der Waals surface area contributed by atoms with Gasteiger partial charge in [0, 0.05) is 29.2 Å². The van der Waals surface area contributed by atoms with Gasteiger partial charge in [-0.25, -0.2) is 0 Å². The first kappa shape index (κ1) is 17.6. The average Bonchev–Trinajstić information content (AvgIpc) is 3.03. The third kappa shape index (κ3) is 4.24. The molecule has 1 atom stereocenters. The Hall–Kier alpha value is -2.25. The summed E-state index contributed by atoms with van der Waals surface area (Å²) in [4.78, 5) is 27.2. The minimum Gasteiger partial charge on any atom is -0.468 e. The highest BCUT2D eigenvalue weighted by Gasteiger charge is 2.19. The number of amides is 2. The number of carbonyl (C=O) groups excluding carboxylic acids is 2. The van der Waals surface area contributed by atoms with Crippen molar-refractivity contribution in [2.75, 3.05) is 31.7 Å². The van der Waals surface area contributed by atoms with E-state index in [1.165, 1.54) is 0 Å². The molecule has 25 heavy (non-hydrogen) atoms. The number of fused-ring (bicyclic) bond motifs is 1. The Balaban J connectivity index is 1.70. The van der Waals surface area contributed by atoms with Gasteiger partial charge < -0.3 is 15.1 Å². The van der Waals surface area contributed by atoms with Crippen LogP contribution in [0.2, 0.25) is 0 Å². The summed E-state index contributed by atoms with van der Waals surface area (Å²) in [5.74, 6) is 1.35. The van der Waals surface area contributed by atoms with Crippen LogP contribution in [0.25, 0.3) is 0 Å². The highest BCUT2D eigenvalue weighted by atomic mass is 32.2. The van der Waals surface area contributed by atoms with E-state index >= 15 is 0 Å². The second kappa shape index (κ2) is 7.76. The van der Waals surface area contributed by atoms with Gasteiger partial charge in [-0.1, -0.05) is 0 Å². The normalized spacial score (nSPS) is 15.2. The minimum atomic E-state index is -0.176. The maximum atomic E-state index is 12.5. The smallest absolute Gasteiger partial charge is 0.251 e. The first-order valence-corrected chi connectivity index (χ1v) is 9.08. The molecule has 1 unspecified atom stereocenters. The van der Waals surface area contributed by atoms with E-state index < -0.39 is 0 Å². The van der Waals surface area contributed by atoms with Crippen molar-refractivity contribution in [3.8, 4) is 0 Å². The van der Waals surface area contributed by atoms with E-state index in [4.69, 9.17) is 4.42 Å². The predicted octanol–water partition coefficient (Wildman–Crippen LogP) is 2.75. The van der Waals surface area contributed by atoms with Gasteiger partial charge in [-0.15, -0.1) is 11.8 Å². The van der Waals surface area contributed by atoms with E-state index in [-0.39, 0.29) is 17.9 Å². The number of hydrogen-bond donors (Lipinski definition) is 2. The fourth-order valence-electron chi connectivity index (χ4n) is 2.67. The van der Waals surface area contributed by atoms with Crippen molar-refractivity contribution < 1.29 is 14.0 Å². The Morgan fingerprint density at radius 3 is 2.96 bits per heavy atom. The molecule has 2 N–H and O–H groups in total. The van der Waals surface area contributed by atoms with Gasteiger partial charge in [0.1, 0.15) is 5.76 Å². The highest BCUT2D eigenvalue weighted by Crippen LogP contribution is 2.31. The van der Waals surface area contributed by atoms with E-state index in [0.29, 0.717) is 24.2 Å². The Labute approximate surface area is 151 Å². The predicted molar refractivity (Wildman–Crippen MR) is 97.9 cm³/mol. The fraction of sp³-hybridized carbons (Fsp3) is 0.333. The second-order valence-corrected chi connectivity index (χ2v) is 7.20. The lowest BCUT2D eigenvalue weighted by Gasteiger charge is -2.22. The molecule has 1 aromatic heterocycles. The fourth-order valence-corrected chi connectivity index (χ4v) is 3.61. The van der Waals surface area contributed by atoms with Gasteiger partial charge in [0.2, 0.25) is 5.91 Å². The first-order valence-electron chi connectivity index (χ1n) is 8.09. The number of likely N-dealkylation sites (N-methyl/N-ethyl adjacent to an activating group) is 1. The number of nitrogens with one attached hydrogen (secondary N) is 2. The van der Waals surface area contributed by atoms with Crippen LogP contribution in [0.1, 0.15) is 28.6 Å². The molecule has 1 aliphatic heterocycles. The molecular weight excluding hydrogens is 338 g/mol. The van der Waals surface area contributed by atoms with Gasteiger partial charge in [-0.2, -0.15) is 0 Å². The third-order valence-corrected chi connectivity index (χ3v) is 5.13. The molecule has 1 aromatic carbocycles. The van der Waals surface area contributed by atoms with Crippen molar-refractivity contribution in [3.63, 3.8) is 0 Å². The maximum absolute atomic E-state index is 12.5. The van der Waals surface area contributed by atoms with Gasteiger partial charge >= 0.3 is 0 Å². The summed E-state index contributed by atoms with van der Waals surface area (Å²) in [7, 11) is 3.88. The number of furan rings is 1. The van der Waals surface area contributed by atoms with Gasteiger partial charge in [0.05, 0.1) is 18.0 Å². The van der Waals surface area contributed by atoms with Crippen LogP contribution >= 0.6 is 11.8 Å². The average molecular weight is 359 g/mol. The lowest BCUT2D eigenvalue weighted by Crippen LogP contribution is -2.34. The Bertz CT molecular complexity index is 759. The molecule has 0 saturated carbocycles. The van der Waals surface area contributed by atoms with E-state index in [9.17, 15) is 9.59 Å². The van der Waals surface area contributed by atoms with Crippen LogP contribution in [0.15, 0.2) is 45.9 Å². The maximum Gasteiger partial charge on any atom is 0.251 e. The Kier molecular flexibility index (Phi) is 5.45. The molecule has 6 nitrogen and oxygen atoms in total. The molecule has 2 aromatic rings. The van der Waals surface area contributed by atoms with E-state index in [0.717, 1.165) is 16.4 Å². The molecule has 0 aliphatic carbocycles. The topological polar surface area (TPSA) is 74.6 Å². The van der Waals surface area contributed by atoms with E-state index in [1.807, 2.05) is 37.2 Å². The van der Waals surface area contributed by atoms with Crippen LogP contribution in [0.3, 0.4) is 0 Å². The summed E-state index contributed by atoms with van der Waals surface area (Å²) in [6, 6.07) is 9.09. The lowest BCUT2D eigenvalue weighted by atomic mass is 10.1. The largest absolute Gasteiger partial charge is 0.468 e. The number of hydrogen-bond acceptors (Lipinski definition) is 5. The van der Waals surface area contributed by atoms with Crippen molar-refractivity contribution >= 4 is 29.3 Å². The number of benzene rings is 1. The first-order chi connectivity index (χ1) is 12.0. The zero-order chi connectivity index (χ0) is 17.8. The molecule has 2 amide bonds. The summed E-state index contributed by atoms with van der Waals surface area (Å²) >= 11 is 1.62. The molecule has 0 radical (unpaired) electrons. The molecular formula is C18H21N3O3S. The summed E-state index contributed by atoms with van der Waals surface area (Å²) in [6.07, 6.45) is 2.11. The number of rotatable bonds is 5. The van der Waals surface area contributed by atoms with Crippen LogP contribution in [0.4, 0.5) is 5.69 Å². The number of anilines is 1. The molecule has 0 fully saturated rings. The number of carbonyl (C=O) groups is 2. The van der Waals surface area contributed by atoms with Crippen LogP contribution in [0.5, 0.6) is 0 Å². The zero-order valence-electron chi connectivity index (χ0n) is 14.2. The molecule has 0 bridgehead atoms. The van der Waals surface area contributed by atoms with Crippen LogP contribution in [-0.2, 0) is 4.79 Å². The molecule has 7 heteroatoms. The van der Waals surface area contributed by atoms with Crippen molar-refractivity contribution in [3.05, 3.63) is 47.9 Å². The Morgan fingerprint density at radius 1 is 1.40 bits per heavy atom. The van der Waals surface area contributed by atoms with Crippen molar-refractivity contribution in [2.45, 2.75) is 17.4 Å². The summed E-state index contributed by atoms with van der Waals surface area (Å²) in [5, 5.41) is 5.80. The SMILES string of the molecule is CN(C)C(CNC(=O)c1ccc2c(c1)NC(=O)CCS2)c1ccco1. The highest BCUT2D eigenvalue weighted by molar-refractivity contribution is 7.99. The quantitative estimate of drug-likeness (QED) is 0.859. The van der Waals surface area contributed by atoms with Crippen LogP contribution in [0, 0.1) is 0 Å². The van der Waals surface area contributed by atoms with Crippen molar-refractivity contribution in [2.24, 2.45) is 0 Å².